The van der Waals surface area contributed by atoms with Crippen LogP contribution in [-0.4, -0.2) is 31.0 Å². The molecule has 2 aliphatic rings. The number of rotatable bonds is 6. The van der Waals surface area contributed by atoms with Gasteiger partial charge in [-0.05, 0) is 31.6 Å². The van der Waals surface area contributed by atoms with Crippen molar-refractivity contribution in [3.05, 3.63) is 0 Å². The number of alkyl halides is 3. The van der Waals surface area contributed by atoms with Crippen LogP contribution in [0.1, 0.15) is 25.7 Å². The van der Waals surface area contributed by atoms with Crippen molar-refractivity contribution in [2.75, 3.05) is 13.2 Å². The highest BCUT2D eigenvalue weighted by Crippen LogP contribution is 2.41. The predicted octanol–water partition coefficient (Wildman–Crippen LogP) is 1.99. The van der Waals surface area contributed by atoms with Crippen molar-refractivity contribution in [2.45, 2.75) is 43.4 Å². The van der Waals surface area contributed by atoms with Crippen LogP contribution in [-0.2, 0) is 4.74 Å². The summed E-state index contributed by atoms with van der Waals surface area (Å²) in [5, 5.41) is 12.4. The van der Waals surface area contributed by atoms with Gasteiger partial charge in [0.1, 0.15) is 12.1 Å². The van der Waals surface area contributed by atoms with E-state index in [1.54, 1.807) is 0 Å². The third-order valence-corrected chi connectivity index (χ3v) is 3.11. The van der Waals surface area contributed by atoms with Gasteiger partial charge in [0.15, 0.2) is 0 Å². The van der Waals surface area contributed by atoms with Crippen LogP contribution < -0.4 is 5.32 Å². The van der Waals surface area contributed by atoms with E-state index in [2.05, 4.69) is 16.1 Å². The average molecular weight is 248 g/mol. The molecule has 1 unspecified atom stereocenters. The molecule has 2 rings (SSSR count). The van der Waals surface area contributed by atoms with E-state index in [9.17, 15) is 18.4 Å². The lowest BCUT2D eigenvalue weighted by Gasteiger charge is -2.28. The maximum Gasteiger partial charge on any atom is 0.411 e. The van der Waals surface area contributed by atoms with E-state index in [0.717, 1.165) is 25.7 Å². The molecule has 17 heavy (non-hydrogen) atoms. The molecule has 0 aliphatic heterocycles. The Morgan fingerprint density at radius 1 is 1.18 bits per heavy atom. The van der Waals surface area contributed by atoms with Crippen molar-refractivity contribution < 1.29 is 17.9 Å². The van der Waals surface area contributed by atoms with Gasteiger partial charge in [0.25, 0.3) is 0 Å². The first kappa shape index (κ1) is 12.7. The highest BCUT2D eigenvalue weighted by atomic mass is 19.4. The molecular formula is C11H15F3N2O. The number of nitrogens with zero attached hydrogens (tertiary/aromatic N) is 1. The largest absolute Gasteiger partial charge is 0.411 e. The van der Waals surface area contributed by atoms with Gasteiger partial charge in [-0.1, -0.05) is 0 Å². The number of nitriles is 1. The standard InChI is InChI=1S/C11H15F3N2O/c12-11(13,14)7-17-6-10(5-15,8-1-2-8)16-9-3-4-9/h8-9,16H,1-4,6-7H2. The summed E-state index contributed by atoms with van der Waals surface area (Å²) in [5.74, 6) is 0.140. The Morgan fingerprint density at radius 2 is 1.82 bits per heavy atom. The molecule has 0 heterocycles. The van der Waals surface area contributed by atoms with Crippen LogP contribution in [0.5, 0.6) is 0 Å². The smallest absolute Gasteiger partial charge is 0.369 e. The zero-order valence-corrected chi connectivity index (χ0v) is 9.39. The van der Waals surface area contributed by atoms with Gasteiger partial charge in [-0.15, -0.1) is 0 Å². The van der Waals surface area contributed by atoms with Crippen LogP contribution in [0.4, 0.5) is 13.2 Å². The van der Waals surface area contributed by atoms with Crippen LogP contribution in [0, 0.1) is 17.2 Å². The van der Waals surface area contributed by atoms with Crippen LogP contribution in [0.15, 0.2) is 0 Å². The van der Waals surface area contributed by atoms with Crippen LogP contribution >= 0.6 is 0 Å². The summed E-state index contributed by atoms with van der Waals surface area (Å²) in [6.07, 6.45) is -0.555. The molecule has 2 saturated carbocycles. The van der Waals surface area contributed by atoms with E-state index in [1.165, 1.54) is 0 Å². The van der Waals surface area contributed by atoms with Gasteiger partial charge in [0.2, 0.25) is 0 Å². The lowest BCUT2D eigenvalue weighted by atomic mass is 9.96. The summed E-state index contributed by atoms with van der Waals surface area (Å²) in [6, 6.07) is 2.41. The monoisotopic (exact) mass is 248 g/mol. The Kier molecular flexibility index (Phi) is 3.32. The fourth-order valence-corrected chi connectivity index (χ4v) is 1.93. The fourth-order valence-electron chi connectivity index (χ4n) is 1.93. The Bertz CT molecular complexity index is 318. The summed E-state index contributed by atoms with van der Waals surface area (Å²) in [5.41, 5.74) is -0.910. The van der Waals surface area contributed by atoms with Gasteiger partial charge >= 0.3 is 6.18 Å². The molecule has 0 bridgehead atoms. The molecule has 0 aromatic carbocycles. The number of nitrogens with one attached hydrogen (secondary N) is 1. The molecule has 0 aromatic heterocycles. The summed E-state index contributed by atoms with van der Waals surface area (Å²) in [6.45, 7) is -1.46. The number of hydrogen-bond acceptors (Lipinski definition) is 3. The zero-order chi connectivity index (χ0) is 12.5. The third kappa shape index (κ3) is 3.58. The highest BCUT2D eigenvalue weighted by Gasteiger charge is 2.49. The molecule has 1 N–H and O–H groups in total. The van der Waals surface area contributed by atoms with Crippen LogP contribution in [0.2, 0.25) is 0 Å². The van der Waals surface area contributed by atoms with Crippen molar-refractivity contribution in [2.24, 2.45) is 5.92 Å². The molecule has 3 nitrogen and oxygen atoms in total. The zero-order valence-electron chi connectivity index (χ0n) is 9.39. The Morgan fingerprint density at radius 3 is 2.24 bits per heavy atom. The van der Waals surface area contributed by atoms with Crippen molar-refractivity contribution in [1.29, 1.82) is 5.26 Å². The first-order valence-electron chi connectivity index (χ1n) is 5.79. The van der Waals surface area contributed by atoms with E-state index in [1.807, 2.05) is 0 Å². The predicted molar refractivity (Wildman–Crippen MR) is 54.1 cm³/mol. The lowest BCUT2D eigenvalue weighted by Crippen LogP contribution is -2.51. The SMILES string of the molecule is N#CC(COCC(F)(F)F)(NC1CC1)C1CC1. The molecule has 0 amide bonds. The first-order valence-corrected chi connectivity index (χ1v) is 5.79. The quantitative estimate of drug-likeness (QED) is 0.781. The lowest BCUT2D eigenvalue weighted by molar-refractivity contribution is -0.177. The molecule has 0 radical (unpaired) electrons. The number of hydrogen-bond donors (Lipinski definition) is 1. The second-order valence-corrected chi connectivity index (χ2v) is 4.88. The average Bonchev–Trinajstić information content (AvgIpc) is 3.07. The van der Waals surface area contributed by atoms with E-state index in [-0.39, 0.29) is 18.6 Å². The van der Waals surface area contributed by atoms with Gasteiger partial charge in [-0.25, -0.2) is 0 Å². The minimum absolute atomic E-state index is 0.140. The van der Waals surface area contributed by atoms with Crippen molar-refractivity contribution in [1.82, 2.24) is 5.32 Å². The van der Waals surface area contributed by atoms with Gasteiger partial charge in [-0.2, -0.15) is 18.4 Å². The number of ether oxygens (including phenoxy) is 1. The Hall–Kier alpha value is -0.800. The first-order chi connectivity index (χ1) is 7.95. The Balaban J connectivity index is 1.88. The second-order valence-electron chi connectivity index (χ2n) is 4.88. The van der Waals surface area contributed by atoms with E-state index >= 15 is 0 Å². The topological polar surface area (TPSA) is 45.0 Å². The van der Waals surface area contributed by atoms with Gasteiger partial charge in [-0.3, -0.25) is 5.32 Å². The molecule has 2 aliphatic carbocycles. The minimum atomic E-state index is -4.33. The maximum atomic E-state index is 12.0. The summed E-state index contributed by atoms with van der Waals surface area (Å²) < 4.78 is 40.7. The third-order valence-electron chi connectivity index (χ3n) is 3.11. The second kappa shape index (κ2) is 4.46. The molecule has 0 aromatic rings. The molecule has 96 valence electrons. The van der Waals surface area contributed by atoms with E-state index in [4.69, 9.17) is 0 Å². The normalized spacial score (nSPS) is 24.1. The van der Waals surface area contributed by atoms with E-state index < -0.39 is 18.3 Å². The van der Waals surface area contributed by atoms with Gasteiger partial charge < -0.3 is 4.74 Å². The van der Waals surface area contributed by atoms with E-state index in [0.29, 0.717) is 0 Å². The van der Waals surface area contributed by atoms with Crippen molar-refractivity contribution in [3.63, 3.8) is 0 Å². The van der Waals surface area contributed by atoms with Crippen LogP contribution in [0.25, 0.3) is 0 Å². The summed E-state index contributed by atoms with van der Waals surface area (Å²) >= 11 is 0. The fraction of sp³-hybridized carbons (Fsp3) is 0.909. The Labute approximate surface area is 97.9 Å². The van der Waals surface area contributed by atoms with Gasteiger partial charge in [0.05, 0.1) is 12.7 Å². The molecule has 0 saturated heterocycles. The molecular weight excluding hydrogens is 233 g/mol. The van der Waals surface area contributed by atoms with Crippen LogP contribution in [0.3, 0.4) is 0 Å². The maximum absolute atomic E-state index is 12.0. The summed E-state index contributed by atoms with van der Waals surface area (Å²) in [7, 11) is 0. The minimum Gasteiger partial charge on any atom is -0.369 e. The summed E-state index contributed by atoms with van der Waals surface area (Å²) in [4.78, 5) is 0. The molecule has 1 atom stereocenters. The number of halogens is 3. The molecule has 2 fully saturated rings. The van der Waals surface area contributed by atoms with Gasteiger partial charge in [0, 0.05) is 6.04 Å². The van der Waals surface area contributed by atoms with Crippen molar-refractivity contribution >= 4 is 0 Å². The van der Waals surface area contributed by atoms with Crippen molar-refractivity contribution in [3.8, 4) is 6.07 Å². The highest BCUT2D eigenvalue weighted by molar-refractivity contribution is 5.17. The molecule has 0 spiro atoms. The molecule has 6 heteroatoms.